The Kier molecular flexibility index (Phi) is 16.2. The predicted molar refractivity (Wildman–Crippen MR) is 130 cm³/mol. The Bertz CT molecular complexity index is 1080. The van der Waals surface area contributed by atoms with E-state index in [1.165, 1.54) is 31.2 Å². The van der Waals surface area contributed by atoms with Gasteiger partial charge in [-0.05, 0) is 43.3 Å². The topological polar surface area (TPSA) is 242 Å². The zero-order valence-corrected chi connectivity index (χ0v) is 20.4. The van der Waals surface area contributed by atoms with E-state index in [0.29, 0.717) is 11.1 Å². The molecule has 6 N–H and O–H groups in total. The van der Waals surface area contributed by atoms with Gasteiger partial charge in [-0.2, -0.15) is 0 Å². The summed E-state index contributed by atoms with van der Waals surface area (Å²) in [6.07, 6.45) is 1.61. The van der Waals surface area contributed by atoms with E-state index in [1.807, 2.05) is 0 Å². The van der Waals surface area contributed by atoms with Gasteiger partial charge < -0.3 is 40.1 Å². The Morgan fingerprint density at radius 1 is 0.692 bits per heavy atom. The quantitative estimate of drug-likeness (QED) is 0.217. The van der Waals surface area contributed by atoms with Crippen molar-refractivity contribution in [2.75, 3.05) is 19.8 Å². The van der Waals surface area contributed by atoms with Gasteiger partial charge in [0.2, 0.25) is 0 Å². The van der Waals surface area contributed by atoms with Crippen LogP contribution in [0.2, 0.25) is 0 Å². The van der Waals surface area contributed by atoms with Crippen molar-refractivity contribution < 1.29 is 68.9 Å². The molecule has 2 aromatic carbocycles. The number of hydrogen-bond donors (Lipinski definition) is 6. The molecule has 2 aliphatic rings. The number of fused-ring (bicyclic) bond motifs is 1. The Balaban J connectivity index is 0.000000492. The van der Waals surface area contributed by atoms with Gasteiger partial charge in [0.25, 0.3) is 0 Å². The van der Waals surface area contributed by atoms with Gasteiger partial charge in [0.1, 0.15) is 0 Å². The van der Waals surface area contributed by atoms with E-state index in [-0.39, 0.29) is 30.9 Å². The average molecular weight is 550 g/mol. The predicted octanol–water partition coefficient (Wildman–Crippen LogP) is 0.0367. The average Bonchev–Trinajstić information content (AvgIpc) is 3.45. The maximum absolute atomic E-state index is 10.8. The highest BCUT2D eigenvalue weighted by atomic mass is 16.6. The molecular weight excluding hydrogens is 524 g/mol. The standard InChI is InChI=1S/C8H6O4.C8H4O3.C4H2O3.C3H8O2.C2H6O2/c9-7(10)5-1-2-6(4-3-5)8(11)12;9-7-5-3-1-2-4-6(5)8(10)11-7;5-3-1-2-4(6)7-3;1-3(5)2-4;3-1-2-4/h1-4H,(H,9,10)(H,11,12);1-4H;1-2H;3-5H,2H2,1H3;3-4H,1-2H2. The Hall–Kier alpha value is -4.76. The molecule has 0 saturated heterocycles. The van der Waals surface area contributed by atoms with E-state index in [2.05, 4.69) is 9.47 Å². The molecule has 2 aromatic rings. The lowest BCUT2D eigenvalue weighted by atomic mass is 10.1. The number of aromatic carboxylic acids is 2. The van der Waals surface area contributed by atoms with E-state index < -0.39 is 41.9 Å². The molecule has 0 spiro atoms. The number of aliphatic hydroxyl groups excluding tert-OH is 4. The fraction of sp³-hybridized carbons (Fsp3) is 0.200. The van der Waals surface area contributed by atoms with Crippen molar-refractivity contribution in [3.05, 3.63) is 82.9 Å². The third-order valence-electron chi connectivity index (χ3n) is 3.85. The van der Waals surface area contributed by atoms with E-state index in [0.717, 1.165) is 12.2 Å². The highest BCUT2D eigenvalue weighted by molar-refractivity contribution is 6.14. The molecule has 2 aliphatic heterocycles. The number of ether oxygens (including phenoxy) is 2. The number of cyclic esters (lactones) is 4. The summed E-state index contributed by atoms with van der Waals surface area (Å²) in [6.45, 7) is 1.14. The Morgan fingerprint density at radius 3 is 1.23 bits per heavy atom. The molecule has 0 bridgehead atoms. The first-order chi connectivity index (χ1) is 18.4. The van der Waals surface area contributed by atoms with Gasteiger partial charge in [-0.1, -0.05) is 12.1 Å². The van der Waals surface area contributed by atoms with Crippen LogP contribution < -0.4 is 0 Å². The maximum Gasteiger partial charge on any atom is 0.346 e. The van der Waals surface area contributed by atoms with Crippen molar-refractivity contribution in [3.63, 3.8) is 0 Å². The van der Waals surface area contributed by atoms with Crippen LogP contribution in [0, 0.1) is 0 Å². The molecule has 0 aliphatic carbocycles. The van der Waals surface area contributed by atoms with E-state index in [4.69, 9.17) is 30.6 Å². The second-order valence-electron chi connectivity index (χ2n) is 6.96. The lowest BCUT2D eigenvalue weighted by Gasteiger charge is -1.94. The molecule has 4 rings (SSSR count). The molecule has 14 heteroatoms. The van der Waals surface area contributed by atoms with Gasteiger partial charge in [0, 0.05) is 12.2 Å². The van der Waals surface area contributed by atoms with Crippen LogP contribution in [0.1, 0.15) is 48.4 Å². The SMILES string of the molecule is CC(O)CO.O=C(O)c1ccc(C(=O)O)cc1.O=C1C=CC(=O)O1.O=C1OC(=O)c2ccccc21.OCCO. The molecule has 210 valence electrons. The van der Waals surface area contributed by atoms with Crippen LogP contribution in [0.25, 0.3) is 0 Å². The normalized spacial score (nSPS) is 12.8. The highest BCUT2D eigenvalue weighted by Crippen LogP contribution is 2.18. The number of esters is 4. The molecule has 14 nitrogen and oxygen atoms in total. The third-order valence-corrected chi connectivity index (χ3v) is 3.85. The lowest BCUT2D eigenvalue weighted by molar-refractivity contribution is -0.150. The molecule has 2 heterocycles. The summed E-state index contributed by atoms with van der Waals surface area (Å²) in [5.41, 5.74) is 0.884. The van der Waals surface area contributed by atoms with Crippen LogP contribution in [0.5, 0.6) is 0 Å². The number of carboxylic acid groups (broad SMARTS) is 2. The molecule has 1 unspecified atom stereocenters. The van der Waals surface area contributed by atoms with Gasteiger partial charge in [-0.15, -0.1) is 0 Å². The summed E-state index contributed by atoms with van der Waals surface area (Å²) in [5, 5.41) is 48.2. The summed E-state index contributed by atoms with van der Waals surface area (Å²) < 4.78 is 8.33. The number of rotatable bonds is 4. The van der Waals surface area contributed by atoms with Crippen molar-refractivity contribution in [3.8, 4) is 0 Å². The number of carbonyl (C=O) groups is 6. The summed E-state index contributed by atoms with van der Waals surface area (Å²) >= 11 is 0. The summed E-state index contributed by atoms with van der Waals surface area (Å²) in [5.74, 6) is -4.38. The van der Waals surface area contributed by atoms with Crippen molar-refractivity contribution >= 4 is 35.8 Å². The van der Waals surface area contributed by atoms with Crippen molar-refractivity contribution in [1.29, 1.82) is 0 Å². The minimum Gasteiger partial charge on any atom is -0.478 e. The number of aliphatic hydroxyl groups is 4. The summed E-state index contributed by atoms with van der Waals surface area (Å²) in [6, 6.07) is 11.6. The molecule has 0 aromatic heterocycles. The number of hydrogen-bond acceptors (Lipinski definition) is 12. The van der Waals surface area contributed by atoms with E-state index in [1.54, 1.807) is 24.3 Å². The van der Waals surface area contributed by atoms with Gasteiger partial charge >= 0.3 is 35.8 Å². The molecular formula is C25H26O14. The molecule has 0 amide bonds. The van der Waals surface area contributed by atoms with E-state index >= 15 is 0 Å². The molecule has 0 radical (unpaired) electrons. The van der Waals surface area contributed by atoms with Crippen LogP contribution in [-0.2, 0) is 19.1 Å². The number of carboxylic acids is 2. The van der Waals surface area contributed by atoms with Crippen molar-refractivity contribution in [1.82, 2.24) is 0 Å². The molecule has 0 fully saturated rings. The maximum atomic E-state index is 10.8. The minimum atomic E-state index is -1.06. The second kappa shape index (κ2) is 18.5. The smallest absolute Gasteiger partial charge is 0.346 e. The summed E-state index contributed by atoms with van der Waals surface area (Å²) in [7, 11) is 0. The first-order valence-electron chi connectivity index (χ1n) is 10.7. The zero-order chi connectivity index (χ0) is 30.0. The first kappa shape index (κ1) is 34.2. The monoisotopic (exact) mass is 550 g/mol. The van der Waals surface area contributed by atoms with Crippen LogP contribution in [0.3, 0.4) is 0 Å². The lowest BCUT2D eigenvalue weighted by Crippen LogP contribution is -2.03. The minimum absolute atomic E-state index is 0.0833. The van der Waals surface area contributed by atoms with Crippen LogP contribution in [0.4, 0.5) is 0 Å². The molecule has 0 saturated carbocycles. The van der Waals surface area contributed by atoms with Gasteiger partial charge in [0.15, 0.2) is 0 Å². The first-order valence-corrected chi connectivity index (χ1v) is 10.7. The van der Waals surface area contributed by atoms with Crippen LogP contribution in [-0.4, -0.2) is 92.4 Å². The molecule has 39 heavy (non-hydrogen) atoms. The number of benzene rings is 2. The zero-order valence-electron chi connectivity index (χ0n) is 20.4. The Labute approximate surface area is 221 Å². The van der Waals surface area contributed by atoms with E-state index in [9.17, 15) is 28.8 Å². The molecule has 1 atom stereocenters. The van der Waals surface area contributed by atoms with Gasteiger partial charge in [0.05, 0.1) is 48.2 Å². The fourth-order valence-electron chi connectivity index (χ4n) is 2.09. The van der Waals surface area contributed by atoms with Crippen LogP contribution >= 0.6 is 0 Å². The van der Waals surface area contributed by atoms with Crippen molar-refractivity contribution in [2.24, 2.45) is 0 Å². The van der Waals surface area contributed by atoms with Gasteiger partial charge in [-0.25, -0.2) is 28.8 Å². The van der Waals surface area contributed by atoms with Crippen LogP contribution in [0.15, 0.2) is 60.7 Å². The fourth-order valence-corrected chi connectivity index (χ4v) is 2.09. The Morgan fingerprint density at radius 2 is 1.03 bits per heavy atom. The summed E-state index contributed by atoms with van der Waals surface area (Å²) in [4.78, 5) is 62.2. The number of carbonyl (C=O) groups excluding carboxylic acids is 4. The largest absolute Gasteiger partial charge is 0.478 e. The third kappa shape index (κ3) is 13.9. The van der Waals surface area contributed by atoms with Gasteiger partial charge in [-0.3, -0.25) is 0 Å². The second-order valence-corrected chi connectivity index (χ2v) is 6.96. The highest BCUT2D eigenvalue weighted by Gasteiger charge is 2.28. The van der Waals surface area contributed by atoms with Crippen molar-refractivity contribution in [2.45, 2.75) is 13.0 Å².